The summed E-state index contributed by atoms with van der Waals surface area (Å²) in [6.45, 7) is 1.35. The van der Waals surface area contributed by atoms with E-state index < -0.39 is 0 Å². The van der Waals surface area contributed by atoms with Gasteiger partial charge < -0.3 is 9.26 Å². The van der Waals surface area contributed by atoms with E-state index in [-0.39, 0.29) is 12.6 Å². The smallest absolute Gasteiger partial charge is 0.410 e. The molecule has 1 saturated heterocycles. The van der Waals surface area contributed by atoms with Crippen molar-refractivity contribution in [1.82, 2.24) is 15.0 Å². The summed E-state index contributed by atoms with van der Waals surface area (Å²) >= 11 is 5.92. The van der Waals surface area contributed by atoms with Crippen molar-refractivity contribution in [3.8, 4) is 11.4 Å². The molecule has 0 radical (unpaired) electrons. The molecule has 1 fully saturated rings. The van der Waals surface area contributed by atoms with E-state index in [9.17, 15) is 4.79 Å². The van der Waals surface area contributed by atoms with E-state index in [1.54, 1.807) is 17.0 Å². The van der Waals surface area contributed by atoms with E-state index >= 15 is 0 Å². The van der Waals surface area contributed by atoms with E-state index in [1.165, 1.54) is 0 Å². The third kappa shape index (κ3) is 2.75. The second-order valence-corrected chi connectivity index (χ2v) is 4.85. The van der Waals surface area contributed by atoms with Crippen LogP contribution in [0.5, 0.6) is 0 Å². The van der Waals surface area contributed by atoms with Crippen molar-refractivity contribution in [3.63, 3.8) is 0 Å². The molecule has 2 heterocycles. The molecule has 1 aliphatic heterocycles. The molecule has 1 aromatic carbocycles. The van der Waals surface area contributed by atoms with Gasteiger partial charge in [0.2, 0.25) is 11.7 Å². The minimum atomic E-state index is -0.348. The fourth-order valence-electron chi connectivity index (χ4n) is 1.97. The second-order valence-electron chi connectivity index (χ2n) is 4.41. The van der Waals surface area contributed by atoms with Crippen LogP contribution < -0.4 is 0 Å². The number of carbonyl (C=O) groups is 1. The summed E-state index contributed by atoms with van der Waals surface area (Å²) in [6, 6.07) is 7.19. The summed E-state index contributed by atoms with van der Waals surface area (Å²) in [5, 5.41) is 4.50. The van der Waals surface area contributed by atoms with Gasteiger partial charge in [0.25, 0.3) is 0 Å². The van der Waals surface area contributed by atoms with Crippen molar-refractivity contribution in [1.29, 1.82) is 0 Å². The largest absolute Gasteiger partial charge is 0.449 e. The molecule has 104 valence electrons. The average molecular weight is 294 g/mol. The predicted molar refractivity (Wildman–Crippen MR) is 71.1 cm³/mol. The summed E-state index contributed by atoms with van der Waals surface area (Å²) in [7, 11) is 0. The van der Waals surface area contributed by atoms with Gasteiger partial charge in [-0.15, -0.1) is 0 Å². The fourth-order valence-corrected chi connectivity index (χ4v) is 2.16. The van der Waals surface area contributed by atoms with Crippen molar-refractivity contribution in [3.05, 3.63) is 35.2 Å². The minimum Gasteiger partial charge on any atom is -0.449 e. The summed E-state index contributed by atoms with van der Waals surface area (Å²) in [5.41, 5.74) is 0.772. The Morgan fingerprint density at radius 1 is 1.40 bits per heavy atom. The first-order valence-electron chi connectivity index (χ1n) is 6.22. The van der Waals surface area contributed by atoms with Crippen molar-refractivity contribution in [2.75, 3.05) is 13.2 Å². The number of benzene rings is 1. The highest BCUT2D eigenvalue weighted by Gasteiger charge is 2.22. The van der Waals surface area contributed by atoms with Crippen molar-refractivity contribution < 1.29 is 14.1 Å². The monoisotopic (exact) mass is 293 g/mol. The Kier molecular flexibility index (Phi) is 3.56. The molecular weight excluding hydrogens is 282 g/mol. The van der Waals surface area contributed by atoms with Crippen LogP contribution in [0.15, 0.2) is 28.8 Å². The number of halogens is 1. The standard InChI is InChI=1S/C13H12ClN3O3/c14-10-4-1-3-9(7-10)12-15-11(20-16-12)8-17-5-2-6-19-13(17)18/h1,3-4,7H,2,5-6,8H2. The van der Waals surface area contributed by atoms with Gasteiger partial charge in [-0.2, -0.15) is 4.98 Å². The zero-order valence-electron chi connectivity index (χ0n) is 10.6. The van der Waals surface area contributed by atoms with Crippen LogP contribution in [-0.2, 0) is 11.3 Å². The van der Waals surface area contributed by atoms with Crippen LogP contribution in [0, 0.1) is 0 Å². The van der Waals surface area contributed by atoms with Crippen molar-refractivity contribution in [2.45, 2.75) is 13.0 Å². The molecule has 6 nitrogen and oxygen atoms in total. The normalized spacial score (nSPS) is 15.2. The Balaban J connectivity index is 1.75. The first kappa shape index (κ1) is 12.9. The molecule has 0 N–H and O–H groups in total. The van der Waals surface area contributed by atoms with Crippen LogP contribution in [0.2, 0.25) is 5.02 Å². The number of aromatic nitrogens is 2. The number of amides is 1. The molecule has 0 aliphatic carbocycles. The molecule has 0 bridgehead atoms. The maximum absolute atomic E-state index is 11.5. The van der Waals surface area contributed by atoms with Gasteiger partial charge in [-0.1, -0.05) is 28.9 Å². The number of cyclic esters (lactones) is 1. The highest BCUT2D eigenvalue weighted by atomic mass is 35.5. The first-order valence-corrected chi connectivity index (χ1v) is 6.60. The Morgan fingerprint density at radius 3 is 3.10 bits per heavy atom. The zero-order valence-corrected chi connectivity index (χ0v) is 11.3. The average Bonchev–Trinajstić information content (AvgIpc) is 2.90. The fraction of sp³-hybridized carbons (Fsp3) is 0.308. The number of hydrogen-bond donors (Lipinski definition) is 0. The topological polar surface area (TPSA) is 68.5 Å². The highest BCUT2D eigenvalue weighted by Crippen LogP contribution is 2.20. The van der Waals surface area contributed by atoms with Gasteiger partial charge in [0.05, 0.1) is 6.61 Å². The lowest BCUT2D eigenvalue weighted by molar-refractivity contribution is 0.0658. The summed E-state index contributed by atoms with van der Waals surface area (Å²) in [4.78, 5) is 17.3. The predicted octanol–water partition coefficient (Wildman–Crippen LogP) is 2.73. The Hall–Kier alpha value is -2.08. The minimum absolute atomic E-state index is 0.256. The molecule has 0 spiro atoms. The first-order chi connectivity index (χ1) is 9.72. The van der Waals surface area contributed by atoms with Crippen LogP contribution >= 0.6 is 11.6 Å². The molecular formula is C13H12ClN3O3. The van der Waals surface area contributed by atoms with E-state index in [2.05, 4.69) is 10.1 Å². The molecule has 7 heteroatoms. The molecule has 3 rings (SSSR count). The van der Waals surface area contributed by atoms with E-state index in [0.717, 1.165) is 12.0 Å². The molecule has 1 amide bonds. The van der Waals surface area contributed by atoms with Crippen LogP contribution in [0.1, 0.15) is 12.3 Å². The summed E-state index contributed by atoms with van der Waals surface area (Å²) in [5.74, 6) is 0.826. The van der Waals surface area contributed by atoms with Gasteiger partial charge in [-0.25, -0.2) is 4.79 Å². The summed E-state index contributed by atoms with van der Waals surface area (Å²) < 4.78 is 10.1. The number of rotatable bonds is 3. The lowest BCUT2D eigenvalue weighted by Gasteiger charge is -2.24. The highest BCUT2D eigenvalue weighted by molar-refractivity contribution is 6.30. The molecule has 2 aromatic rings. The Morgan fingerprint density at radius 2 is 2.30 bits per heavy atom. The van der Waals surface area contributed by atoms with Gasteiger partial charge in [0, 0.05) is 17.1 Å². The van der Waals surface area contributed by atoms with Crippen LogP contribution in [0.4, 0.5) is 4.79 Å². The lowest BCUT2D eigenvalue weighted by atomic mass is 10.2. The van der Waals surface area contributed by atoms with Crippen LogP contribution in [0.3, 0.4) is 0 Å². The van der Waals surface area contributed by atoms with Crippen molar-refractivity contribution >= 4 is 17.7 Å². The SMILES string of the molecule is O=C1OCCCN1Cc1nc(-c2cccc(Cl)c2)no1. The molecule has 0 saturated carbocycles. The maximum atomic E-state index is 11.5. The molecule has 1 aliphatic rings. The van der Waals surface area contributed by atoms with E-state index in [4.69, 9.17) is 20.9 Å². The number of hydrogen-bond acceptors (Lipinski definition) is 5. The van der Waals surface area contributed by atoms with Gasteiger partial charge in [-0.05, 0) is 18.6 Å². The quantitative estimate of drug-likeness (QED) is 0.870. The third-order valence-electron chi connectivity index (χ3n) is 2.93. The molecule has 1 aromatic heterocycles. The third-order valence-corrected chi connectivity index (χ3v) is 3.17. The Labute approximate surface area is 120 Å². The van der Waals surface area contributed by atoms with Crippen molar-refractivity contribution in [2.24, 2.45) is 0 Å². The van der Waals surface area contributed by atoms with Crippen LogP contribution in [0.25, 0.3) is 11.4 Å². The summed E-state index contributed by atoms with van der Waals surface area (Å²) in [6.07, 6.45) is 0.458. The number of ether oxygens (including phenoxy) is 1. The van der Waals surface area contributed by atoms with Crippen LogP contribution in [-0.4, -0.2) is 34.3 Å². The molecule has 0 atom stereocenters. The van der Waals surface area contributed by atoms with E-state index in [1.807, 2.05) is 12.1 Å². The maximum Gasteiger partial charge on any atom is 0.410 e. The number of nitrogens with zero attached hydrogens (tertiary/aromatic N) is 3. The molecule has 20 heavy (non-hydrogen) atoms. The lowest BCUT2D eigenvalue weighted by Crippen LogP contribution is -2.37. The van der Waals surface area contributed by atoms with Gasteiger partial charge >= 0.3 is 6.09 Å². The van der Waals surface area contributed by atoms with E-state index in [0.29, 0.717) is 29.9 Å². The number of carbonyl (C=O) groups excluding carboxylic acids is 1. The second kappa shape index (κ2) is 5.50. The van der Waals surface area contributed by atoms with Gasteiger partial charge in [0.1, 0.15) is 6.54 Å². The Bertz CT molecular complexity index is 629. The van der Waals surface area contributed by atoms with Gasteiger partial charge in [0.15, 0.2) is 0 Å². The van der Waals surface area contributed by atoms with Gasteiger partial charge in [-0.3, -0.25) is 4.90 Å². The zero-order chi connectivity index (χ0) is 13.9. The molecule has 0 unspecified atom stereocenters.